The second-order valence-corrected chi connectivity index (χ2v) is 7.41. The van der Waals surface area contributed by atoms with Crippen LogP contribution in [0.3, 0.4) is 0 Å². The number of carbonyl (C=O) groups is 2. The van der Waals surface area contributed by atoms with E-state index in [1.807, 2.05) is 0 Å². The molecule has 1 N–H and O–H groups in total. The molecule has 0 radical (unpaired) electrons. The summed E-state index contributed by atoms with van der Waals surface area (Å²) in [7, 11) is -1.34. The molecule has 2 aromatic rings. The maximum absolute atomic E-state index is 13.0. The predicted octanol–water partition coefficient (Wildman–Crippen LogP) is 3.79. The van der Waals surface area contributed by atoms with Crippen LogP contribution in [0.5, 0.6) is 0 Å². The minimum absolute atomic E-state index is 0.0283. The lowest BCUT2D eigenvalue weighted by atomic mass is 10.2. The van der Waals surface area contributed by atoms with Gasteiger partial charge >= 0.3 is 5.97 Å². The van der Waals surface area contributed by atoms with Crippen LogP contribution in [0.4, 0.5) is 10.1 Å². The number of hydrogen-bond acceptors (Lipinski definition) is 4. The van der Waals surface area contributed by atoms with Crippen molar-refractivity contribution in [2.75, 3.05) is 11.1 Å². The Morgan fingerprint density at radius 1 is 1.27 bits per heavy atom. The molecule has 0 bridgehead atoms. The smallest absolute Gasteiger partial charge is 0.340 e. The minimum Gasteiger partial charge on any atom is -0.449 e. The number of esters is 1. The minimum atomic E-state index is -1.34. The summed E-state index contributed by atoms with van der Waals surface area (Å²) < 4.78 is 30.3. The van der Waals surface area contributed by atoms with E-state index in [0.29, 0.717) is 10.6 Å². The topological polar surface area (TPSA) is 72.5 Å². The van der Waals surface area contributed by atoms with Gasteiger partial charge in [-0.1, -0.05) is 30.7 Å². The van der Waals surface area contributed by atoms with Gasteiger partial charge in [-0.2, -0.15) is 0 Å². The molecule has 0 saturated heterocycles. The summed E-state index contributed by atoms with van der Waals surface area (Å²) in [6.45, 7) is 3.13. The third-order valence-electron chi connectivity index (χ3n) is 3.46. The molecule has 26 heavy (non-hydrogen) atoms. The molecule has 0 heterocycles. The quantitative estimate of drug-likeness (QED) is 0.753. The van der Waals surface area contributed by atoms with Gasteiger partial charge in [-0.3, -0.25) is 9.00 Å². The normalized spacial score (nSPS) is 12.9. The van der Waals surface area contributed by atoms with Gasteiger partial charge in [0.05, 0.1) is 32.0 Å². The summed E-state index contributed by atoms with van der Waals surface area (Å²) in [5.74, 6) is -1.56. The number of ether oxygens (including phenoxy) is 1. The van der Waals surface area contributed by atoms with Crippen LogP contribution in [0.1, 0.15) is 24.2 Å². The number of halogens is 2. The van der Waals surface area contributed by atoms with Crippen molar-refractivity contribution in [3.63, 3.8) is 0 Å². The van der Waals surface area contributed by atoms with Gasteiger partial charge in [0.1, 0.15) is 5.82 Å². The number of carbonyl (C=O) groups excluding carboxylic acids is 2. The van der Waals surface area contributed by atoms with Gasteiger partial charge in [-0.15, -0.1) is 0 Å². The molecule has 0 aromatic heterocycles. The summed E-state index contributed by atoms with van der Waals surface area (Å²) in [4.78, 5) is 24.9. The first-order valence-electron chi connectivity index (χ1n) is 7.77. The van der Waals surface area contributed by atoms with Gasteiger partial charge in [0.15, 0.2) is 6.10 Å². The summed E-state index contributed by atoms with van der Waals surface area (Å²) in [6.07, 6.45) is -1.13. The van der Waals surface area contributed by atoms with E-state index < -0.39 is 34.6 Å². The van der Waals surface area contributed by atoms with E-state index in [1.54, 1.807) is 25.1 Å². The van der Waals surface area contributed by atoms with Crippen LogP contribution in [0.2, 0.25) is 5.02 Å². The van der Waals surface area contributed by atoms with Gasteiger partial charge in [-0.25, -0.2) is 9.18 Å². The number of amides is 1. The van der Waals surface area contributed by atoms with Crippen molar-refractivity contribution in [2.45, 2.75) is 24.8 Å². The third-order valence-corrected chi connectivity index (χ3v) is 5.14. The van der Waals surface area contributed by atoms with Crippen molar-refractivity contribution in [1.29, 1.82) is 0 Å². The molecule has 2 aromatic carbocycles. The van der Waals surface area contributed by atoms with Crippen LogP contribution < -0.4 is 5.32 Å². The molecule has 0 aliphatic carbocycles. The molecule has 2 rings (SSSR count). The highest BCUT2D eigenvalue weighted by atomic mass is 35.5. The van der Waals surface area contributed by atoms with E-state index in [0.717, 1.165) is 12.1 Å². The lowest BCUT2D eigenvalue weighted by Crippen LogP contribution is -2.30. The van der Waals surface area contributed by atoms with Crippen molar-refractivity contribution < 1.29 is 22.9 Å². The number of nitrogens with one attached hydrogen (secondary N) is 1. The Bertz CT molecular complexity index is 859. The zero-order chi connectivity index (χ0) is 19.3. The number of benzene rings is 2. The molecular formula is C18H17ClFNO4S. The molecule has 2 atom stereocenters. The Balaban J connectivity index is 2.09. The predicted molar refractivity (Wildman–Crippen MR) is 98.3 cm³/mol. The molecule has 5 nitrogen and oxygen atoms in total. The first-order valence-corrected chi connectivity index (χ1v) is 9.47. The highest BCUT2D eigenvalue weighted by molar-refractivity contribution is 7.85. The maximum atomic E-state index is 13.0. The van der Waals surface area contributed by atoms with E-state index in [4.69, 9.17) is 16.3 Å². The second kappa shape index (κ2) is 8.91. The van der Waals surface area contributed by atoms with Crippen LogP contribution in [0.15, 0.2) is 47.4 Å². The van der Waals surface area contributed by atoms with Crippen LogP contribution >= 0.6 is 11.6 Å². The van der Waals surface area contributed by atoms with E-state index >= 15 is 0 Å². The van der Waals surface area contributed by atoms with Crippen molar-refractivity contribution >= 4 is 40.0 Å². The SMILES string of the molecule is CC[S@@](=O)c1ccccc1C(=O)O[C@@H](C)C(=O)Nc1ccc(F)cc1Cl. The largest absolute Gasteiger partial charge is 0.449 e. The van der Waals surface area contributed by atoms with Gasteiger partial charge in [0.25, 0.3) is 5.91 Å². The average molecular weight is 398 g/mol. The fourth-order valence-electron chi connectivity index (χ4n) is 2.09. The van der Waals surface area contributed by atoms with E-state index in [-0.39, 0.29) is 16.3 Å². The average Bonchev–Trinajstić information content (AvgIpc) is 2.63. The molecule has 0 aliphatic rings. The molecule has 8 heteroatoms. The fourth-order valence-corrected chi connectivity index (χ4v) is 3.24. The van der Waals surface area contributed by atoms with Gasteiger partial charge in [0, 0.05) is 5.75 Å². The number of anilines is 1. The highest BCUT2D eigenvalue weighted by Gasteiger charge is 2.22. The molecular weight excluding hydrogens is 381 g/mol. The first kappa shape index (κ1) is 20.1. The number of rotatable bonds is 6. The van der Waals surface area contributed by atoms with E-state index in [1.165, 1.54) is 19.1 Å². The standard InChI is InChI=1S/C18H17ClFNO4S/c1-3-26(24)16-7-5-4-6-13(16)18(23)25-11(2)17(22)21-15-9-8-12(20)10-14(15)19/h4-11H,3H2,1-2H3,(H,21,22)/t11-,26+/m0/s1. The Labute approximate surface area is 158 Å². The van der Waals surface area contributed by atoms with Crippen molar-refractivity contribution in [3.05, 3.63) is 58.9 Å². The van der Waals surface area contributed by atoms with Gasteiger partial charge < -0.3 is 10.1 Å². The Morgan fingerprint density at radius 2 is 1.96 bits per heavy atom. The Hall–Kier alpha value is -2.25. The molecule has 0 spiro atoms. The molecule has 0 saturated carbocycles. The molecule has 0 aliphatic heterocycles. The van der Waals surface area contributed by atoms with E-state index in [9.17, 15) is 18.2 Å². The summed E-state index contributed by atoms with van der Waals surface area (Å²) in [5.41, 5.74) is 0.348. The van der Waals surface area contributed by atoms with Crippen molar-refractivity contribution in [3.8, 4) is 0 Å². The van der Waals surface area contributed by atoms with Gasteiger partial charge in [-0.05, 0) is 37.3 Å². The van der Waals surface area contributed by atoms with Crippen molar-refractivity contribution in [1.82, 2.24) is 0 Å². The van der Waals surface area contributed by atoms with Crippen LogP contribution in [0, 0.1) is 5.82 Å². The van der Waals surface area contributed by atoms with Crippen LogP contribution in [0.25, 0.3) is 0 Å². The lowest BCUT2D eigenvalue weighted by Gasteiger charge is -2.15. The van der Waals surface area contributed by atoms with Crippen LogP contribution in [-0.2, 0) is 20.3 Å². The van der Waals surface area contributed by atoms with E-state index in [2.05, 4.69) is 5.32 Å². The molecule has 1 amide bonds. The summed E-state index contributed by atoms with van der Waals surface area (Å²) >= 11 is 5.86. The highest BCUT2D eigenvalue weighted by Crippen LogP contribution is 2.23. The zero-order valence-corrected chi connectivity index (χ0v) is 15.7. The Morgan fingerprint density at radius 3 is 2.62 bits per heavy atom. The number of hydrogen-bond donors (Lipinski definition) is 1. The monoisotopic (exact) mass is 397 g/mol. The third kappa shape index (κ3) is 4.89. The van der Waals surface area contributed by atoms with Crippen LogP contribution in [-0.4, -0.2) is 27.9 Å². The first-order chi connectivity index (χ1) is 12.3. The maximum Gasteiger partial charge on any atom is 0.340 e. The summed E-state index contributed by atoms with van der Waals surface area (Å²) in [5, 5.41) is 2.50. The lowest BCUT2D eigenvalue weighted by molar-refractivity contribution is -0.123. The fraction of sp³-hybridized carbons (Fsp3) is 0.222. The summed E-state index contributed by atoms with van der Waals surface area (Å²) in [6, 6.07) is 9.89. The molecule has 138 valence electrons. The second-order valence-electron chi connectivity index (χ2n) is 5.29. The van der Waals surface area contributed by atoms with Gasteiger partial charge in [0.2, 0.25) is 0 Å². The molecule has 0 fully saturated rings. The Kier molecular flexibility index (Phi) is 6.88. The molecule has 0 unspecified atom stereocenters. The van der Waals surface area contributed by atoms with Crippen molar-refractivity contribution in [2.24, 2.45) is 0 Å². The zero-order valence-electron chi connectivity index (χ0n) is 14.1.